The Labute approximate surface area is 190 Å². The van der Waals surface area contributed by atoms with E-state index < -0.39 is 0 Å². The number of nitrogens with one attached hydrogen (secondary N) is 1. The average molecular weight is 450 g/mol. The van der Waals surface area contributed by atoms with Crippen molar-refractivity contribution in [2.45, 2.75) is 13.3 Å². The number of ether oxygens (including phenoxy) is 1. The molecule has 4 aromatic rings. The SMILES string of the molecule is CCNCCCOc1ccc(-c2c(C(=O)c3ccc(F)cc3)sc3cc(O)ccc23)cc1. The molecule has 0 saturated carbocycles. The standard InChI is InChI=1S/C26H24FNO3S/c1-2-28-14-3-15-31-21-11-6-17(7-12-21)24-22-13-10-20(29)16-23(22)32-26(24)25(30)18-4-8-19(27)9-5-18/h4-13,16,28-29H,2-3,14-15H2,1H3. The zero-order valence-corrected chi connectivity index (χ0v) is 18.5. The number of thiophene rings is 1. The molecular formula is C26H24FNO3S. The third kappa shape index (κ3) is 4.82. The van der Waals surface area contributed by atoms with Gasteiger partial charge in [0.05, 0.1) is 11.5 Å². The van der Waals surface area contributed by atoms with Crippen molar-refractivity contribution < 1.29 is 19.0 Å². The van der Waals surface area contributed by atoms with Crippen molar-refractivity contribution in [3.05, 3.63) is 83.0 Å². The van der Waals surface area contributed by atoms with Gasteiger partial charge in [-0.25, -0.2) is 4.39 Å². The highest BCUT2D eigenvalue weighted by atomic mass is 32.1. The number of fused-ring (bicyclic) bond motifs is 1. The van der Waals surface area contributed by atoms with Crippen LogP contribution >= 0.6 is 11.3 Å². The number of phenolic OH excluding ortho intramolecular Hbond substituents is 1. The van der Waals surface area contributed by atoms with Crippen LogP contribution in [0.25, 0.3) is 21.2 Å². The molecule has 4 rings (SSSR count). The number of aromatic hydroxyl groups is 1. The summed E-state index contributed by atoms with van der Waals surface area (Å²) in [7, 11) is 0. The Morgan fingerprint density at radius 1 is 1.06 bits per heavy atom. The van der Waals surface area contributed by atoms with Gasteiger partial charge in [0.2, 0.25) is 5.78 Å². The fourth-order valence-electron chi connectivity index (χ4n) is 3.55. The molecule has 0 fully saturated rings. The van der Waals surface area contributed by atoms with Crippen LogP contribution in [0.4, 0.5) is 4.39 Å². The number of ketones is 1. The number of benzene rings is 3. The van der Waals surface area contributed by atoms with Crippen LogP contribution in [0.2, 0.25) is 0 Å². The van der Waals surface area contributed by atoms with Crippen LogP contribution in [-0.4, -0.2) is 30.6 Å². The van der Waals surface area contributed by atoms with Crippen molar-refractivity contribution in [2.75, 3.05) is 19.7 Å². The van der Waals surface area contributed by atoms with E-state index >= 15 is 0 Å². The number of halogens is 1. The number of rotatable bonds is 9. The highest BCUT2D eigenvalue weighted by Crippen LogP contribution is 2.41. The minimum atomic E-state index is -0.385. The van der Waals surface area contributed by atoms with E-state index in [2.05, 4.69) is 12.2 Å². The summed E-state index contributed by atoms with van der Waals surface area (Å²) in [6.45, 7) is 4.56. The molecule has 0 radical (unpaired) electrons. The Hall–Kier alpha value is -3.22. The van der Waals surface area contributed by atoms with Gasteiger partial charge in [0.1, 0.15) is 17.3 Å². The Bertz CT molecular complexity index is 1220. The van der Waals surface area contributed by atoms with Gasteiger partial charge in [-0.2, -0.15) is 0 Å². The second-order valence-corrected chi connectivity index (χ2v) is 8.45. The first kappa shape index (κ1) is 22.0. The van der Waals surface area contributed by atoms with E-state index in [0.717, 1.165) is 46.5 Å². The lowest BCUT2D eigenvalue weighted by atomic mass is 9.98. The summed E-state index contributed by atoms with van der Waals surface area (Å²) in [5.41, 5.74) is 2.11. The van der Waals surface area contributed by atoms with Crippen molar-refractivity contribution >= 4 is 27.2 Å². The summed E-state index contributed by atoms with van der Waals surface area (Å²) in [6, 6.07) is 18.3. The lowest BCUT2D eigenvalue weighted by molar-refractivity contribution is 0.104. The molecule has 1 aromatic heterocycles. The largest absolute Gasteiger partial charge is 0.508 e. The fourth-order valence-corrected chi connectivity index (χ4v) is 4.77. The average Bonchev–Trinajstić information content (AvgIpc) is 3.18. The lowest BCUT2D eigenvalue weighted by Gasteiger charge is -2.09. The monoisotopic (exact) mass is 449 g/mol. The summed E-state index contributed by atoms with van der Waals surface area (Å²) >= 11 is 1.32. The van der Waals surface area contributed by atoms with Crippen LogP contribution in [0.15, 0.2) is 66.7 Å². The molecule has 164 valence electrons. The maximum atomic E-state index is 13.3. The van der Waals surface area contributed by atoms with Gasteiger partial charge in [0.25, 0.3) is 0 Å². The molecule has 0 aliphatic heterocycles. The van der Waals surface area contributed by atoms with Gasteiger partial charge >= 0.3 is 0 Å². The molecule has 0 aliphatic rings. The maximum Gasteiger partial charge on any atom is 0.203 e. The summed E-state index contributed by atoms with van der Waals surface area (Å²) in [5, 5.41) is 14.1. The second-order valence-electron chi connectivity index (χ2n) is 7.40. The number of carbonyl (C=O) groups is 1. The first-order valence-electron chi connectivity index (χ1n) is 10.6. The molecule has 0 amide bonds. The minimum absolute atomic E-state index is 0.146. The van der Waals surface area contributed by atoms with Crippen molar-refractivity contribution in [3.63, 3.8) is 0 Å². The zero-order chi connectivity index (χ0) is 22.5. The van der Waals surface area contributed by atoms with Crippen LogP contribution in [0, 0.1) is 5.82 Å². The lowest BCUT2D eigenvalue weighted by Crippen LogP contribution is -2.16. The third-order valence-corrected chi connectivity index (χ3v) is 6.30. The van der Waals surface area contributed by atoms with Crippen molar-refractivity contribution in [1.82, 2.24) is 5.32 Å². The first-order chi connectivity index (χ1) is 15.6. The fraction of sp³-hybridized carbons (Fsp3) is 0.192. The predicted octanol–water partition coefficient (Wildman–Crippen LogP) is 6.02. The topological polar surface area (TPSA) is 58.6 Å². The summed E-state index contributed by atoms with van der Waals surface area (Å²) < 4.78 is 20.0. The summed E-state index contributed by atoms with van der Waals surface area (Å²) in [5.74, 6) is 0.356. The number of hydrogen-bond donors (Lipinski definition) is 2. The van der Waals surface area contributed by atoms with E-state index in [-0.39, 0.29) is 17.3 Å². The smallest absolute Gasteiger partial charge is 0.203 e. The van der Waals surface area contributed by atoms with Crippen LogP contribution in [0.5, 0.6) is 11.5 Å². The van der Waals surface area contributed by atoms with Gasteiger partial charge in [-0.1, -0.05) is 19.1 Å². The predicted molar refractivity (Wildman–Crippen MR) is 127 cm³/mol. The Balaban J connectivity index is 1.67. The molecule has 0 atom stereocenters. The Morgan fingerprint density at radius 3 is 2.53 bits per heavy atom. The van der Waals surface area contributed by atoms with Crippen LogP contribution < -0.4 is 10.1 Å². The van der Waals surface area contributed by atoms with Gasteiger partial charge in [-0.05, 0) is 79.7 Å². The van der Waals surface area contributed by atoms with Crippen LogP contribution in [0.1, 0.15) is 28.6 Å². The minimum Gasteiger partial charge on any atom is -0.508 e. The summed E-state index contributed by atoms with van der Waals surface area (Å²) in [6.07, 6.45) is 0.921. The second kappa shape index (κ2) is 9.94. The normalized spacial score (nSPS) is 11.1. The van der Waals surface area contributed by atoms with E-state index in [0.29, 0.717) is 17.0 Å². The highest BCUT2D eigenvalue weighted by molar-refractivity contribution is 7.21. The molecule has 0 unspecified atom stereocenters. The van der Waals surface area contributed by atoms with E-state index in [9.17, 15) is 14.3 Å². The Kier molecular flexibility index (Phi) is 6.83. The quantitative estimate of drug-likeness (QED) is 0.242. The van der Waals surface area contributed by atoms with Crippen molar-refractivity contribution in [2.24, 2.45) is 0 Å². The Morgan fingerprint density at radius 2 is 1.81 bits per heavy atom. The van der Waals surface area contributed by atoms with Gasteiger partial charge in [0.15, 0.2) is 0 Å². The van der Waals surface area contributed by atoms with Gasteiger partial charge < -0.3 is 15.2 Å². The molecule has 6 heteroatoms. The molecule has 0 aliphatic carbocycles. The van der Waals surface area contributed by atoms with Crippen molar-refractivity contribution in [1.29, 1.82) is 0 Å². The molecule has 1 heterocycles. The van der Waals surface area contributed by atoms with Crippen LogP contribution in [0.3, 0.4) is 0 Å². The molecular weight excluding hydrogens is 425 g/mol. The molecule has 32 heavy (non-hydrogen) atoms. The first-order valence-corrected chi connectivity index (χ1v) is 11.4. The molecule has 0 bridgehead atoms. The molecule has 0 spiro atoms. The van der Waals surface area contributed by atoms with Gasteiger partial charge in [0, 0.05) is 21.2 Å². The highest BCUT2D eigenvalue weighted by Gasteiger charge is 2.21. The zero-order valence-electron chi connectivity index (χ0n) is 17.7. The molecule has 2 N–H and O–H groups in total. The third-order valence-electron chi connectivity index (χ3n) is 5.15. The summed E-state index contributed by atoms with van der Waals surface area (Å²) in [4.78, 5) is 13.8. The molecule has 0 saturated heterocycles. The van der Waals surface area contributed by atoms with Crippen molar-refractivity contribution in [3.8, 4) is 22.6 Å². The van der Waals surface area contributed by atoms with Gasteiger partial charge in [-0.15, -0.1) is 11.3 Å². The maximum absolute atomic E-state index is 13.3. The number of phenols is 1. The van der Waals surface area contributed by atoms with E-state index in [1.165, 1.54) is 35.6 Å². The van der Waals surface area contributed by atoms with E-state index in [4.69, 9.17) is 4.74 Å². The molecule has 3 aromatic carbocycles. The van der Waals surface area contributed by atoms with Gasteiger partial charge in [-0.3, -0.25) is 4.79 Å². The number of carbonyl (C=O) groups excluding carboxylic acids is 1. The van der Waals surface area contributed by atoms with Crippen LogP contribution in [-0.2, 0) is 0 Å². The molecule has 4 nitrogen and oxygen atoms in total. The number of hydrogen-bond acceptors (Lipinski definition) is 5. The van der Waals surface area contributed by atoms with E-state index in [1.54, 1.807) is 12.1 Å². The van der Waals surface area contributed by atoms with E-state index in [1.807, 2.05) is 30.3 Å².